The topological polar surface area (TPSA) is 48.8 Å². The lowest BCUT2D eigenvalue weighted by Gasteiger charge is -2.12. The molecule has 0 radical (unpaired) electrons. The number of benzene rings is 8. The molecule has 0 bridgehead atoms. The minimum absolute atomic E-state index is 0.681. The van der Waals surface area contributed by atoms with Gasteiger partial charge in [-0.3, -0.25) is 0 Å². The van der Waals surface area contributed by atoms with Crippen molar-refractivity contribution in [2.24, 2.45) is 0 Å². The summed E-state index contributed by atoms with van der Waals surface area (Å²) in [7, 11) is 0. The van der Waals surface area contributed by atoms with Crippen LogP contribution < -0.4 is 0 Å². The van der Waals surface area contributed by atoms with Crippen molar-refractivity contribution in [2.45, 2.75) is 0 Å². The average molecular weight is 729 g/mol. The lowest BCUT2D eigenvalue weighted by molar-refractivity contribution is 0.669. The van der Waals surface area contributed by atoms with Crippen LogP contribution in [0.1, 0.15) is 0 Å². The molecule has 0 aliphatic heterocycles. The highest BCUT2D eigenvalue weighted by molar-refractivity contribution is 6.29. The van der Waals surface area contributed by atoms with Crippen LogP contribution in [-0.2, 0) is 0 Å². The summed E-state index contributed by atoms with van der Waals surface area (Å²) < 4.78 is 11.2. The van der Waals surface area contributed by atoms with E-state index >= 15 is 0 Å². The zero-order valence-corrected chi connectivity index (χ0v) is 30.7. The van der Waals surface area contributed by atoms with Gasteiger partial charge < -0.3 is 13.6 Å². The molecule has 12 aromatic rings. The van der Waals surface area contributed by atoms with E-state index in [1.807, 2.05) is 18.2 Å². The van der Waals surface area contributed by atoms with Crippen molar-refractivity contribution in [3.63, 3.8) is 0 Å². The zero-order valence-electron chi connectivity index (χ0n) is 30.7. The van der Waals surface area contributed by atoms with Crippen molar-refractivity contribution in [3.8, 4) is 45.3 Å². The van der Waals surface area contributed by atoms with E-state index in [1.54, 1.807) is 0 Å². The molecule has 0 unspecified atom stereocenters. The number of hydrogen-bond acceptors (Lipinski definition) is 3. The van der Waals surface area contributed by atoms with Crippen molar-refractivity contribution in [2.75, 3.05) is 0 Å². The van der Waals surface area contributed by atoms with Crippen LogP contribution in [0.5, 0.6) is 0 Å². The quantitative estimate of drug-likeness (QED) is 0.177. The zero-order chi connectivity index (χ0) is 37.5. The number of furan rings is 1. The number of para-hydroxylation sites is 3. The summed E-state index contributed by atoms with van der Waals surface area (Å²) in [6, 6.07) is 68.3. The molecule has 5 nitrogen and oxygen atoms in total. The fourth-order valence-electron chi connectivity index (χ4n) is 8.79. The van der Waals surface area contributed by atoms with Crippen LogP contribution in [0.15, 0.2) is 199 Å². The van der Waals surface area contributed by atoms with Crippen molar-refractivity contribution in [3.05, 3.63) is 194 Å². The SMILES string of the molecule is c1ccc(-c2cc(-c3ccccc3)nc(-c3cccc(-n4c5ccccc5c5cc6c7c8c(ccc7n(-c7ccccc7)c6cc54)oc4ccccc48)c3)n2)cc1. The van der Waals surface area contributed by atoms with Crippen molar-refractivity contribution in [1.82, 2.24) is 19.1 Å². The standard InChI is InChI=1S/C52H32N4O/c1-4-15-33(16-5-1)42-31-43(34-17-6-2-7-18-34)54-52(53-42)35-19-14-22-37(29-35)56-44-25-12-10-23-38(44)40-30-41-47(32-46(40)56)55(36-20-8-3-9-21-36)45-27-28-49-51(50(41)45)39-24-11-13-26-48(39)57-49/h1-32H. The van der Waals surface area contributed by atoms with Gasteiger partial charge in [0.05, 0.1) is 33.5 Å². The van der Waals surface area contributed by atoms with Crippen LogP contribution in [0.25, 0.3) is 111 Å². The van der Waals surface area contributed by atoms with Crippen LogP contribution in [0.3, 0.4) is 0 Å². The van der Waals surface area contributed by atoms with Crippen LogP contribution in [0.4, 0.5) is 0 Å². The van der Waals surface area contributed by atoms with Gasteiger partial charge in [-0.25, -0.2) is 9.97 Å². The minimum Gasteiger partial charge on any atom is -0.456 e. The average Bonchev–Trinajstić information content (AvgIpc) is 3.93. The second kappa shape index (κ2) is 12.4. The molecular weight excluding hydrogens is 697 g/mol. The van der Waals surface area contributed by atoms with Gasteiger partial charge in [0.15, 0.2) is 5.82 Å². The van der Waals surface area contributed by atoms with Crippen molar-refractivity contribution >= 4 is 65.6 Å². The van der Waals surface area contributed by atoms with Crippen LogP contribution >= 0.6 is 0 Å². The number of fused-ring (bicyclic) bond motifs is 10. The second-order valence-electron chi connectivity index (χ2n) is 14.6. The van der Waals surface area contributed by atoms with E-state index in [0.717, 1.165) is 83.5 Å². The minimum atomic E-state index is 0.681. The van der Waals surface area contributed by atoms with Gasteiger partial charge >= 0.3 is 0 Å². The molecule has 266 valence electrons. The molecule has 8 aromatic carbocycles. The highest BCUT2D eigenvalue weighted by Crippen LogP contribution is 2.44. The molecule has 4 aromatic heterocycles. The Morgan fingerprint density at radius 1 is 0.333 bits per heavy atom. The Hall–Kier alpha value is -7.76. The van der Waals surface area contributed by atoms with Gasteiger partial charge in [-0.1, -0.05) is 127 Å². The Balaban J connectivity index is 1.14. The van der Waals surface area contributed by atoms with Gasteiger partial charge in [-0.15, -0.1) is 0 Å². The molecule has 0 spiro atoms. The normalized spacial score (nSPS) is 11.9. The highest BCUT2D eigenvalue weighted by atomic mass is 16.3. The summed E-state index contributed by atoms with van der Waals surface area (Å²) in [5, 5.41) is 7.04. The molecular formula is C52H32N4O. The summed E-state index contributed by atoms with van der Waals surface area (Å²) >= 11 is 0. The number of hydrogen-bond donors (Lipinski definition) is 0. The lowest BCUT2D eigenvalue weighted by Crippen LogP contribution is -1.98. The first-order valence-corrected chi connectivity index (χ1v) is 19.2. The van der Waals surface area contributed by atoms with E-state index in [2.05, 4.69) is 185 Å². The van der Waals surface area contributed by atoms with Crippen molar-refractivity contribution in [1.29, 1.82) is 0 Å². The monoisotopic (exact) mass is 728 g/mol. The molecule has 0 saturated heterocycles. The molecule has 0 saturated carbocycles. The molecule has 4 heterocycles. The van der Waals surface area contributed by atoms with Gasteiger partial charge in [-0.05, 0) is 66.7 Å². The lowest BCUT2D eigenvalue weighted by atomic mass is 10.0. The van der Waals surface area contributed by atoms with E-state index in [-0.39, 0.29) is 0 Å². The van der Waals surface area contributed by atoms with Crippen LogP contribution in [-0.4, -0.2) is 19.1 Å². The molecule has 0 fully saturated rings. The third-order valence-electron chi connectivity index (χ3n) is 11.3. The molecule has 0 amide bonds. The Kier molecular flexibility index (Phi) is 6.86. The maximum Gasteiger partial charge on any atom is 0.160 e. The number of rotatable bonds is 5. The maximum atomic E-state index is 6.43. The Morgan fingerprint density at radius 2 is 0.930 bits per heavy atom. The summed E-state index contributed by atoms with van der Waals surface area (Å²) in [5.41, 5.74) is 13.3. The number of nitrogens with zero attached hydrogens (tertiary/aromatic N) is 4. The van der Waals surface area contributed by atoms with Crippen LogP contribution in [0.2, 0.25) is 0 Å². The van der Waals surface area contributed by atoms with Gasteiger partial charge in [-0.2, -0.15) is 0 Å². The Labute approximate surface area is 327 Å². The predicted molar refractivity (Wildman–Crippen MR) is 234 cm³/mol. The van der Waals surface area contributed by atoms with E-state index in [0.29, 0.717) is 5.82 Å². The van der Waals surface area contributed by atoms with Gasteiger partial charge in [0, 0.05) is 60.4 Å². The molecule has 0 N–H and O–H groups in total. The highest BCUT2D eigenvalue weighted by Gasteiger charge is 2.22. The molecule has 57 heavy (non-hydrogen) atoms. The summed E-state index contributed by atoms with van der Waals surface area (Å²) in [4.78, 5) is 10.3. The van der Waals surface area contributed by atoms with Gasteiger partial charge in [0.25, 0.3) is 0 Å². The van der Waals surface area contributed by atoms with Gasteiger partial charge in [0.2, 0.25) is 0 Å². The smallest absolute Gasteiger partial charge is 0.160 e. The summed E-state index contributed by atoms with van der Waals surface area (Å²) in [6.07, 6.45) is 0. The van der Waals surface area contributed by atoms with E-state index in [4.69, 9.17) is 14.4 Å². The van der Waals surface area contributed by atoms with E-state index in [1.165, 1.54) is 21.5 Å². The summed E-state index contributed by atoms with van der Waals surface area (Å²) in [6.45, 7) is 0. The van der Waals surface area contributed by atoms with E-state index < -0.39 is 0 Å². The first-order valence-electron chi connectivity index (χ1n) is 19.2. The molecule has 5 heteroatoms. The predicted octanol–water partition coefficient (Wildman–Crippen LogP) is 13.6. The fourth-order valence-corrected chi connectivity index (χ4v) is 8.79. The summed E-state index contributed by atoms with van der Waals surface area (Å²) in [5.74, 6) is 0.681. The third-order valence-corrected chi connectivity index (χ3v) is 11.3. The molecule has 0 aliphatic rings. The molecule has 12 rings (SSSR count). The first-order chi connectivity index (χ1) is 28.3. The Morgan fingerprint density at radius 3 is 1.68 bits per heavy atom. The largest absolute Gasteiger partial charge is 0.456 e. The van der Waals surface area contributed by atoms with E-state index in [9.17, 15) is 0 Å². The third kappa shape index (κ3) is 4.89. The number of aromatic nitrogens is 4. The Bertz CT molecular complexity index is 3450. The molecule has 0 aliphatic carbocycles. The maximum absolute atomic E-state index is 6.43. The molecule has 0 atom stereocenters. The first kappa shape index (κ1) is 31.6. The fraction of sp³-hybridized carbons (Fsp3) is 0. The van der Waals surface area contributed by atoms with Crippen molar-refractivity contribution < 1.29 is 4.42 Å². The van der Waals surface area contributed by atoms with Crippen LogP contribution in [0, 0.1) is 0 Å². The van der Waals surface area contributed by atoms with Gasteiger partial charge in [0.1, 0.15) is 11.2 Å². The second-order valence-corrected chi connectivity index (χ2v) is 14.6.